The van der Waals surface area contributed by atoms with Gasteiger partial charge in [-0.25, -0.2) is 4.39 Å². The van der Waals surface area contributed by atoms with E-state index in [2.05, 4.69) is 5.32 Å². The number of Topliss-reactive ketones (excluding diaryl/α,β-unsaturated/α-hetero) is 1. The van der Waals surface area contributed by atoms with Gasteiger partial charge in [-0.3, -0.25) is 14.4 Å². The highest BCUT2D eigenvalue weighted by molar-refractivity contribution is 7.14. The molecule has 7 heteroatoms. The number of amides is 1. The van der Waals surface area contributed by atoms with Crippen LogP contribution in [0.4, 0.5) is 4.39 Å². The molecule has 5 nitrogen and oxygen atoms in total. The fourth-order valence-electron chi connectivity index (χ4n) is 2.08. The highest BCUT2D eigenvalue weighted by atomic mass is 32.1. The molecular weight excluding hydrogens is 345 g/mol. The Hall–Kier alpha value is -2.54. The zero-order valence-electron chi connectivity index (χ0n) is 13.9. The summed E-state index contributed by atoms with van der Waals surface area (Å²) in [6.07, 6.45) is -0.948. The van der Waals surface area contributed by atoms with Gasteiger partial charge in [0.1, 0.15) is 5.82 Å². The summed E-state index contributed by atoms with van der Waals surface area (Å²) < 4.78 is 18.0. The topological polar surface area (TPSA) is 72.5 Å². The summed E-state index contributed by atoms with van der Waals surface area (Å²) in [5.74, 6) is -1.38. The molecule has 0 aliphatic carbocycles. The van der Waals surface area contributed by atoms with Crippen LogP contribution in [-0.2, 0) is 27.3 Å². The number of halogens is 1. The van der Waals surface area contributed by atoms with Gasteiger partial charge in [-0.1, -0.05) is 12.1 Å². The number of carbonyl (C=O) groups excluding carboxylic acids is 3. The SMILES string of the molecule is CC(=O)NCc1ccc(C(=O)C(C)OC(=O)Cc2ccc(F)cc2)s1. The Bertz CT molecular complexity index is 770. The molecule has 0 saturated heterocycles. The molecule has 1 unspecified atom stereocenters. The molecule has 1 N–H and O–H groups in total. The monoisotopic (exact) mass is 363 g/mol. The van der Waals surface area contributed by atoms with Crippen molar-refractivity contribution in [1.82, 2.24) is 5.32 Å². The average molecular weight is 363 g/mol. The Balaban J connectivity index is 1.89. The maximum absolute atomic E-state index is 12.8. The van der Waals surface area contributed by atoms with Crippen molar-refractivity contribution in [3.05, 3.63) is 57.5 Å². The maximum Gasteiger partial charge on any atom is 0.310 e. The number of nitrogens with one attached hydrogen (secondary N) is 1. The smallest absolute Gasteiger partial charge is 0.310 e. The van der Waals surface area contributed by atoms with E-state index in [4.69, 9.17) is 4.74 Å². The third-order valence-corrected chi connectivity index (χ3v) is 4.46. The van der Waals surface area contributed by atoms with Crippen molar-refractivity contribution in [3.8, 4) is 0 Å². The van der Waals surface area contributed by atoms with Gasteiger partial charge in [0.05, 0.1) is 17.8 Å². The normalized spacial score (nSPS) is 11.6. The molecule has 0 bridgehead atoms. The van der Waals surface area contributed by atoms with Gasteiger partial charge in [0.15, 0.2) is 6.10 Å². The van der Waals surface area contributed by atoms with Crippen molar-refractivity contribution in [3.63, 3.8) is 0 Å². The number of benzene rings is 1. The van der Waals surface area contributed by atoms with Crippen LogP contribution in [0.5, 0.6) is 0 Å². The lowest BCUT2D eigenvalue weighted by Crippen LogP contribution is -2.24. The van der Waals surface area contributed by atoms with Gasteiger partial charge < -0.3 is 10.1 Å². The Kier molecular flexibility index (Phi) is 6.41. The highest BCUT2D eigenvalue weighted by Crippen LogP contribution is 2.19. The van der Waals surface area contributed by atoms with Crippen molar-refractivity contribution in [2.75, 3.05) is 0 Å². The number of esters is 1. The van der Waals surface area contributed by atoms with E-state index in [1.165, 1.54) is 49.4 Å². The van der Waals surface area contributed by atoms with Crippen LogP contribution < -0.4 is 5.32 Å². The molecule has 1 atom stereocenters. The lowest BCUT2D eigenvalue weighted by Gasteiger charge is -2.11. The molecule has 2 aromatic rings. The molecule has 0 fully saturated rings. The van der Waals surface area contributed by atoms with Crippen LogP contribution in [0.15, 0.2) is 36.4 Å². The lowest BCUT2D eigenvalue weighted by molar-refractivity contribution is -0.145. The summed E-state index contributed by atoms with van der Waals surface area (Å²) in [5.41, 5.74) is 0.611. The Morgan fingerprint density at radius 3 is 2.48 bits per heavy atom. The van der Waals surface area contributed by atoms with Crippen molar-refractivity contribution in [1.29, 1.82) is 0 Å². The first-order chi connectivity index (χ1) is 11.8. The zero-order chi connectivity index (χ0) is 18.4. The van der Waals surface area contributed by atoms with Crippen molar-refractivity contribution in [2.45, 2.75) is 32.9 Å². The molecule has 1 aromatic heterocycles. The summed E-state index contributed by atoms with van der Waals surface area (Å²) in [5, 5.41) is 2.65. The molecule has 0 saturated carbocycles. The van der Waals surface area contributed by atoms with Gasteiger partial charge in [-0.2, -0.15) is 0 Å². The van der Waals surface area contributed by atoms with Gasteiger partial charge in [0.25, 0.3) is 0 Å². The molecule has 25 heavy (non-hydrogen) atoms. The lowest BCUT2D eigenvalue weighted by atomic mass is 10.1. The number of thiophene rings is 1. The summed E-state index contributed by atoms with van der Waals surface area (Å²) in [7, 11) is 0. The molecule has 0 aliphatic heterocycles. The fraction of sp³-hybridized carbons (Fsp3) is 0.278. The predicted octanol–water partition coefficient (Wildman–Crippen LogP) is 2.88. The van der Waals surface area contributed by atoms with Crippen LogP contribution >= 0.6 is 11.3 Å². The first-order valence-electron chi connectivity index (χ1n) is 7.66. The Morgan fingerprint density at radius 1 is 1.16 bits per heavy atom. The number of hydrogen-bond acceptors (Lipinski definition) is 5. The average Bonchev–Trinajstić information content (AvgIpc) is 3.03. The zero-order valence-corrected chi connectivity index (χ0v) is 14.7. The third-order valence-electron chi connectivity index (χ3n) is 3.36. The third kappa shape index (κ3) is 5.79. The largest absolute Gasteiger partial charge is 0.454 e. The standard InChI is InChI=1S/C18H18FNO4S/c1-11(24-17(22)9-13-3-5-14(19)6-4-13)18(23)16-8-7-15(25-16)10-20-12(2)21/h3-8,11H,9-10H2,1-2H3,(H,20,21). The van der Waals surface area contributed by atoms with E-state index in [9.17, 15) is 18.8 Å². The molecule has 0 spiro atoms. The van der Waals surface area contributed by atoms with Crippen molar-refractivity contribution in [2.24, 2.45) is 0 Å². The molecule has 0 radical (unpaired) electrons. The first-order valence-corrected chi connectivity index (χ1v) is 8.48. The van der Waals surface area contributed by atoms with E-state index >= 15 is 0 Å². The number of carbonyl (C=O) groups is 3. The molecule has 1 heterocycles. The van der Waals surface area contributed by atoms with Crippen LogP contribution in [0.1, 0.15) is 34.0 Å². The summed E-state index contributed by atoms with van der Waals surface area (Å²) >= 11 is 1.25. The highest BCUT2D eigenvalue weighted by Gasteiger charge is 2.21. The van der Waals surface area contributed by atoms with E-state index in [0.29, 0.717) is 17.0 Å². The molecule has 132 valence electrons. The number of ether oxygens (including phenoxy) is 1. The van der Waals surface area contributed by atoms with Gasteiger partial charge in [0, 0.05) is 11.8 Å². The second kappa shape index (κ2) is 8.53. The van der Waals surface area contributed by atoms with E-state index in [-0.39, 0.29) is 23.9 Å². The van der Waals surface area contributed by atoms with Gasteiger partial charge in [-0.05, 0) is 36.8 Å². The van der Waals surface area contributed by atoms with Crippen LogP contribution in [-0.4, -0.2) is 23.8 Å². The van der Waals surface area contributed by atoms with Gasteiger partial charge in [0.2, 0.25) is 11.7 Å². The van der Waals surface area contributed by atoms with Crippen LogP contribution in [0, 0.1) is 5.82 Å². The molecule has 1 aromatic carbocycles. The molecular formula is C18H18FNO4S. The summed E-state index contributed by atoms with van der Waals surface area (Å²) in [4.78, 5) is 36.4. The van der Waals surface area contributed by atoms with Crippen LogP contribution in [0.3, 0.4) is 0 Å². The first kappa shape index (κ1) is 18.8. The molecule has 0 aliphatic rings. The van der Waals surface area contributed by atoms with Crippen molar-refractivity contribution >= 4 is 29.0 Å². The maximum atomic E-state index is 12.8. The van der Waals surface area contributed by atoms with E-state index in [0.717, 1.165) is 4.88 Å². The number of ketones is 1. The molecule has 2 rings (SSSR count). The second-order valence-electron chi connectivity index (χ2n) is 5.48. The molecule has 1 amide bonds. The van der Waals surface area contributed by atoms with Crippen molar-refractivity contribution < 1.29 is 23.5 Å². The summed E-state index contributed by atoms with van der Waals surface area (Å²) in [6.45, 7) is 3.28. The minimum atomic E-state index is -0.916. The van der Waals surface area contributed by atoms with Gasteiger partial charge >= 0.3 is 5.97 Å². The van der Waals surface area contributed by atoms with Gasteiger partial charge in [-0.15, -0.1) is 11.3 Å². The van der Waals surface area contributed by atoms with E-state index < -0.39 is 12.1 Å². The Morgan fingerprint density at radius 2 is 1.84 bits per heavy atom. The predicted molar refractivity (Wildman–Crippen MR) is 91.8 cm³/mol. The van der Waals surface area contributed by atoms with E-state index in [1.807, 2.05) is 0 Å². The minimum absolute atomic E-state index is 0.0316. The minimum Gasteiger partial charge on any atom is -0.454 e. The second-order valence-corrected chi connectivity index (χ2v) is 6.64. The quantitative estimate of drug-likeness (QED) is 0.606. The van der Waals surface area contributed by atoms with Crippen LogP contribution in [0.25, 0.3) is 0 Å². The van der Waals surface area contributed by atoms with Crippen LogP contribution in [0.2, 0.25) is 0 Å². The summed E-state index contributed by atoms with van der Waals surface area (Å²) in [6, 6.07) is 8.92. The van der Waals surface area contributed by atoms with E-state index in [1.54, 1.807) is 12.1 Å². The number of hydrogen-bond donors (Lipinski definition) is 1. The fourth-order valence-corrected chi connectivity index (χ4v) is 3.04. The number of rotatable bonds is 7. The Labute approximate surface area is 148 Å².